The number of nitrogens with zero attached hydrogens (tertiary/aromatic N) is 4. The van der Waals surface area contributed by atoms with Crippen LogP contribution in [0.5, 0.6) is 5.88 Å². The van der Waals surface area contributed by atoms with Crippen molar-refractivity contribution in [2.45, 2.75) is 25.8 Å². The van der Waals surface area contributed by atoms with E-state index in [-0.39, 0.29) is 0 Å². The molecule has 0 bridgehead atoms. The van der Waals surface area contributed by atoms with E-state index in [4.69, 9.17) is 10.5 Å². The standard InChI is InChI=1S/C12H17N5O/c1-7-9(12(18-3)16(2)15-7)10-11(13)17(6-14-10)8-4-5-8/h6,8H,4-5,13H2,1-3H3. The highest BCUT2D eigenvalue weighted by molar-refractivity contribution is 5.76. The molecule has 96 valence electrons. The summed E-state index contributed by atoms with van der Waals surface area (Å²) < 4.78 is 9.14. The first-order valence-corrected chi connectivity index (χ1v) is 6.03. The minimum Gasteiger partial charge on any atom is -0.481 e. The van der Waals surface area contributed by atoms with Crippen LogP contribution in [0.2, 0.25) is 0 Å². The molecule has 1 fully saturated rings. The number of rotatable bonds is 3. The lowest BCUT2D eigenvalue weighted by atomic mass is 10.2. The number of methoxy groups -OCH3 is 1. The lowest BCUT2D eigenvalue weighted by Crippen LogP contribution is -2.00. The molecule has 2 aromatic rings. The first kappa shape index (κ1) is 11.1. The maximum Gasteiger partial charge on any atom is 0.221 e. The second-order valence-electron chi connectivity index (χ2n) is 4.71. The molecule has 2 aromatic heterocycles. The highest BCUT2D eigenvalue weighted by atomic mass is 16.5. The number of nitrogen functional groups attached to an aromatic ring is 1. The maximum absolute atomic E-state index is 6.19. The Hall–Kier alpha value is -1.98. The lowest BCUT2D eigenvalue weighted by molar-refractivity contribution is 0.374. The Morgan fingerprint density at radius 2 is 2.17 bits per heavy atom. The average Bonchev–Trinajstić information content (AvgIpc) is 3.04. The van der Waals surface area contributed by atoms with Crippen LogP contribution in [0.15, 0.2) is 6.33 Å². The summed E-state index contributed by atoms with van der Waals surface area (Å²) in [7, 11) is 3.48. The van der Waals surface area contributed by atoms with Gasteiger partial charge in [-0.3, -0.25) is 0 Å². The van der Waals surface area contributed by atoms with E-state index in [1.807, 2.05) is 24.9 Å². The van der Waals surface area contributed by atoms with Crippen molar-refractivity contribution in [1.29, 1.82) is 0 Å². The zero-order valence-electron chi connectivity index (χ0n) is 10.8. The molecule has 0 spiro atoms. The third kappa shape index (κ3) is 1.48. The van der Waals surface area contributed by atoms with E-state index in [9.17, 15) is 0 Å². The Morgan fingerprint density at radius 1 is 1.44 bits per heavy atom. The largest absolute Gasteiger partial charge is 0.481 e. The molecule has 0 atom stereocenters. The van der Waals surface area contributed by atoms with E-state index < -0.39 is 0 Å². The molecule has 18 heavy (non-hydrogen) atoms. The fraction of sp³-hybridized carbons (Fsp3) is 0.500. The molecule has 0 unspecified atom stereocenters. The number of aromatic nitrogens is 4. The van der Waals surface area contributed by atoms with Crippen molar-refractivity contribution >= 4 is 5.82 Å². The fourth-order valence-corrected chi connectivity index (χ4v) is 2.35. The molecule has 1 aliphatic carbocycles. The van der Waals surface area contributed by atoms with Crippen molar-refractivity contribution in [2.75, 3.05) is 12.8 Å². The zero-order valence-corrected chi connectivity index (χ0v) is 10.8. The highest BCUT2D eigenvalue weighted by Crippen LogP contribution is 2.41. The lowest BCUT2D eigenvalue weighted by Gasteiger charge is -2.05. The van der Waals surface area contributed by atoms with Gasteiger partial charge in [0, 0.05) is 13.1 Å². The number of ether oxygens (including phenoxy) is 1. The van der Waals surface area contributed by atoms with Gasteiger partial charge >= 0.3 is 0 Å². The summed E-state index contributed by atoms with van der Waals surface area (Å²) in [5.74, 6) is 1.40. The predicted octanol–water partition coefficient (Wildman–Crippen LogP) is 1.52. The average molecular weight is 247 g/mol. The van der Waals surface area contributed by atoms with Gasteiger partial charge in [-0.25, -0.2) is 9.67 Å². The molecule has 6 heteroatoms. The number of anilines is 1. The monoisotopic (exact) mass is 247 g/mol. The van der Waals surface area contributed by atoms with Gasteiger partial charge in [-0.05, 0) is 19.8 Å². The summed E-state index contributed by atoms with van der Waals surface area (Å²) in [5, 5.41) is 4.36. The van der Waals surface area contributed by atoms with E-state index in [2.05, 4.69) is 10.1 Å². The molecule has 3 rings (SSSR count). The SMILES string of the molecule is COc1c(-c2ncn(C3CC3)c2N)c(C)nn1C. The van der Waals surface area contributed by atoms with Crippen LogP contribution < -0.4 is 10.5 Å². The molecular weight excluding hydrogens is 230 g/mol. The number of nitrogens with two attached hydrogens (primary N) is 1. The number of hydrogen-bond donors (Lipinski definition) is 1. The minimum absolute atomic E-state index is 0.522. The first-order chi connectivity index (χ1) is 8.63. The van der Waals surface area contributed by atoms with Crippen molar-refractivity contribution < 1.29 is 4.74 Å². The summed E-state index contributed by atoms with van der Waals surface area (Å²) in [6, 6.07) is 0.522. The van der Waals surface area contributed by atoms with Crippen LogP contribution in [0.4, 0.5) is 5.82 Å². The van der Waals surface area contributed by atoms with Gasteiger partial charge in [0.1, 0.15) is 11.5 Å². The van der Waals surface area contributed by atoms with Gasteiger partial charge in [-0.1, -0.05) is 0 Å². The van der Waals surface area contributed by atoms with Gasteiger partial charge in [-0.15, -0.1) is 0 Å². The van der Waals surface area contributed by atoms with E-state index in [1.165, 1.54) is 12.8 Å². The third-order valence-electron chi connectivity index (χ3n) is 3.37. The van der Waals surface area contributed by atoms with Gasteiger partial charge < -0.3 is 15.0 Å². The number of imidazole rings is 1. The van der Waals surface area contributed by atoms with Crippen molar-refractivity contribution in [2.24, 2.45) is 7.05 Å². The molecule has 6 nitrogen and oxygen atoms in total. The Labute approximate surface area is 105 Å². The van der Waals surface area contributed by atoms with Crippen LogP contribution in [0.1, 0.15) is 24.6 Å². The first-order valence-electron chi connectivity index (χ1n) is 6.03. The molecule has 0 amide bonds. The second-order valence-corrected chi connectivity index (χ2v) is 4.71. The van der Waals surface area contributed by atoms with E-state index in [0.29, 0.717) is 17.7 Å². The van der Waals surface area contributed by atoms with Crippen molar-refractivity contribution in [3.63, 3.8) is 0 Å². The van der Waals surface area contributed by atoms with Crippen molar-refractivity contribution in [1.82, 2.24) is 19.3 Å². The van der Waals surface area contributed by atoms with Gasteiger partial charge in [0.25, 0.3) is 0 Å². The van der Waals surface area contributed by atoms with Gasteiger partial charge in [-0.2, -0.15) is 5.10 Å². The van der Waals surface area contributed by atoms with Crippen molar-refractivity contribution in [3.05, 3.63) is 12.0 Å². The summed E-state index contributed by atoms with van der Waals surface area (Å²) in [6.45, 7) is 1.94. The number of hydrogen-bond acceptors (Lipinski definition) is 4. The molecular formula is C12H17N5O. The molecule has 2 heterocycles. The zero-order chi connectivity index (χ0) is 12.9. The molecule has 1 aliphatic rings. The van der Waals surface area contributed by atoms with E-state index in [0.717, 1.165) is 17.0 Å². The smallest absolute Gasteiger partial charge is 0.221 e. The molecule has 1 saturated carbocycles. The summed E-state index contributed by atoms with van der Waals surface area (Å²) in [5.41, 5.74) is 8.72. The Kier molecular flexibility index (Phi) is 2.33. The van der Waals surface area contributed by atoms with E-state index in [1.54, 1.807) is 11.8 Å². The van der Waals surface area contributed by atoms with E-state index >= 15 is 0 Å². The molecule has 0 aromatic carbocycles. The summed E-state index contributed by atoms with van der Waals surface area (Å²) >= 11 is 0. The van der Waals surface area contributed by atoms with Gasteiger partial charge in [0.2, 0.25) is 5.88 Å². The molecule has 0 radical (unpaired) electrons. The topological polar surface area (TPSA) is 70.9 Å². The summed E-state index contributed by atoms with van der Waals surface area (Å²) in [4.78, 5) is 4.43. The quantitative estimate of drug-likeness (QED) is 0.892. The highest BCUT2D eigenvalue weighted by Gasteiger charge is 2.28. The normalized spacial score (nSPS) is 15.1. The maximum atomic E-state index is 6.19. The fourth-order valence-electron chi connectivity index (χ4n) is 2.35. The van der Waals surface area contributed by atoms with Crippen LogP contribution >= 0.6 is 0 Å². The van der Waals surface area contributed by atoms with Crippen LogP contribution in [0.3, 0.4) is 0 Å². The van der Waals surface area contributed by atoms with Gasteiger partial charge in [0.15, 0.2) is 0 Å². The van der Waals surface area contributed by atoms with Crippen LogP contribution in [0.25, 0.3) is 11.3 Å². The summed E-state index contributed by atoms with van der Waals surface area (Å²) in [6.07, 6.45) is 4.18. The minimum atomic E-state index is 0.522. The van der Waals surface area contributed by atoms with Crippen LogP contribution in [0, 0.1) is 6.92 Å². The Morgan fingerprint density at radius 3 is 2.78 bits per heavy atom. The number of aryl methyl sites for hydroxylation is 2. The predicted molar refractivity (Wildman–Crippen MR) is 68.4 cm³/mol. The van der Waals surface area contributed by atoms with Crippen molar-refractivity contribution in [3.8, 4) is 17.1 Å². The Balaban J connectivity index is 2.14. The van der Waals surface area contributed by atoms with Crippen LogP contribution in [-0.4, -0.2) is 26.4 Å². The second kappa shape index (κ2) is 3.76. The third-order valence-corrected chi connectivity index (χ3v) is 3.37. The molecule has 2 N–H and O–H groups in total. The Bertz CT molecular complexity index is 594. The van der Waals surface area contributed by atoms with Crippen LogP contribution in [-0.2, 0) is 7.05 Å². The molecule has 0 saturated heterocycles. The van der Waals surface area contributed by atoms with Gasteiger partial charge in [0.05, 0.1) is 24.7 Å². The molecule has 0 aliphatic heterocycles.